The van der Waals surface area contributed by atoms with Crippen molar-refractivity contribution in [2.45, 2.75) is 19.9 Å². The molecule has 0 spiro atoms. The van der Waals surface area contributed by atoms with Gasteiger partial charge in [-0.05, 0) is 49.2 Å². The summed E-state index contributed by atoms with van der Waals surface area (Å²) in [5.41, 5.74) is 2.30. The first-order valence-corrected chi connectivity index (χ1v) is 13.7. The van der Waals surface area contributed by atoms with Crippen molar-refractivity contribution in [2.24, 2.45) is 4.99 Å². The van der Waals surface area contributed by atoms with Crippen molar-refractivity contribution >= 4 is 40.7 Å². The zero-order chi connectivity index (χ0) is 29.3. The van der Waals surface area contributed by atoms with Gasteiger partial charge in [0.2, 0.25) is 0 Å². The fourth-order valence-electron chi connectivity index (χ4n) is 4.53. The summed E-state index contributed by atoms with van der Waals surface area (Å²) in [6.07, 6.45) is 1.59. The average Bonchev–Trinajstić information content (AvgIpc) is 3.52. The Hall–Kier alpha value is -4.32. The molecule has 1 aliphatic rings. The van der Waals surface area contributed by atoms with Crippen LogP contribution in [0.3, 0.4) is 0 Å². The summed E-state index contributed by atoms with van der Waals surface area (Å²) >= 11 is 7.28. The molecule has 2 aromatic heterocycles. The number of thiazole rings is 1. The number of methoxy groups -OCH3 is 1. The topological polar surface area (TPSA) is 126 Å². The summed E-state index contributed by atoms with van der Waals surface area (Å²) in [5, 5.41) is 11.8. The number of non-ortho nitro benzene ring substituents is 1. The van der Waals surface area contributed by atoms with Crippen molar-refractivity contribution in [3.8, 4) is 11.3 Å². The van der Waals surface area contributed by atoms with Crippen LogP contribution in [-0.2, 0) is 14.3 Å². The molecule has 0 saturated heterocycles. The predicted molar refractivity (Wildman–Crippen MR) is 154 cm³/mol. The summed E-state index contributed by atoms with van der Waals surface area (Å²) in [4.78, 5) is 42.8. The van der Waals surface area contributed by atoms with Crippen LogP contribution in [0.4, 0.5) is 5.69 Å². The van der Waals surface area contributed by atoms with Crippen molar-refractivity contribution in [1.29, 1.82) is 0 Å². The third-order valence-corrected chi connectivity index (χ3v) is 7.78. The highest BCUT2D eigenvalue weighted by atomic mass is 35.5. The molecule has 0 aliphatic carbocycles. The number of carbonyl (C=O) groups is 1. The first-order chi connectivity index (χ1) is 19.7. The highest BCUT2D eigenvalue weighted by Crippen LogP contribution is 2.32. The van der Waals surface area contributed by atoms with Crippen molar-refractivity contribution in [3.63, 3.8) is 0 Å². The Morgan fingerprint density at radius 1 is 1.17 bits per heavy atom. The molecule has 1 unspecified atom stereocenters. The zero-order valence-corrected chi connectivity index (χ0v) is 23.8. The van der Waals surface area contributed by atoms with E-state index in [4.69, 9.17) is 25.5 Å². The molecule has 3 heterocycles. The fraction of sp³-hybridized carbons (Fsp3) is 0.207. The molecule has 0 amide bonds. The highest BCUT2D eigenvalue weighted by Gasteiger charge is 2.33. The van der Waals surface area contributed by atoms with E-state index in [1.807, 2.05) is 6.92 Å². The molecule has 210 valence electrons. The van der Waals surface area contributed by atoms with Gasteiger partial charge in [-0.2, -0.15) is 0 Å². The van der Waals surface area contributed by atoms with Crippen LogP contribution in [0.15, 0.2) is 80.1 Å². The minimum atomic E-state index is -0.791. The molecule has 0 bridgehead atoms. The summed E-state index contributed by atoms with van der Waals surface area (Å²) in [7, 11) is 1.51. The number of rotatable bonds is 8. The fourth-order valence-corrected chi connectivity index (χ4v) is 5.68. The summed E-state index contributed by atoms with van der Waals surface area (Å²) in [6.45, 7) is 3.81. The van der Waals surface area contributed by atoms with Gasteiger partial charge in [0.15, 0.2) is 4.80 Å². The average molecular weight is 594 g/mol. The molecule has 0 saturated carbocycles. The lowest BCUT2D eigenvalue weighted by atomic mass is 9.96. The number of nitro groups is 1. The zero-order valence-electron chi connectivity index (χ0n) is 22.3. The number of allylic oxidation sites excluding steroid dienone is 1. The molecule has 0 radical (unpaired) electrons. The second-order valence-electron chi connectivity index (χ2n) is 9.22. The smallest absolute Gasteiger partial charge is 0.338 e. The van der Waals surface area contributed by atoms with Gasteiger partial charge in [-0.3, -0.25) is 19.5 Å². The predicted octanol–water partition coefficient (Wildman–Crippen LogP) is 4.55. The molecule has 10 nitrogen and oxygen atoms in total. The van der Waals surface area contributed by atoms with Crippen LogP contribution in [0.2, 0.25) is 5.02 Å². The number of furan rings is 1. The second-order valence-corrected chi connectivity index (χ2v) is 10.7. The maximum absolute atomic E-state index is 13.8. The lowest BCUT2D eigenvalue weighted by molar-refractivity contribution is -0.384. The first kappa shape index (κ1) is 28.2. The Morgan fingerprint density at radius 3 is 2.63 bits per heavy atom. The summed E-state index contributed by atoms with van der Waals surface area (Å²) < 4.78 is 18.2. The number of hydrogen-bond donors (Lipinski definition) is 0. The maximum Gasteiger partial charge on any atom is 0.338 e. The number of nitrogens with zero attached hydrogens (tertiary/aromatic N) is 3. The number of carbonyl (C=O) groups excluding carboxylic acids is 1. The number of benzene rings is 2. The lowest BCUT2D eigenvalue weighted by Gasteiger charge is -2.24. The molecule has 1 aliphatic heterocycles. The minimum absolute atomic E-state index is 0.0500. The van der Waals surface area contributed by atoms with E-state index in [1.165, 1.54) is 23.8 Å². The minimum Gasteiger partial charge on any atom is -0.460 e. The van der Waals surface area contributed by atoms with Gasteiger partial charge in [0.05, 0.1) is 33.4 Å². The van der Waals surface area contributed by atoms with Crippen LogP contribution >= 0.6 is 22.9 Å². The van der Waals surface area contributed by atoms with E-state index in [1.54, 1.807) is 55.5 Å². The van der Waals surface area contributed by atoms with Gasteiger partial charge in [-0.1, -0.05) is 41.1 Å². The largest absolute Gasteiger partial charge is 0.460 e. The molecular formula is C29H24ClN3O7S. The molecule has 2 aromatic carbocycles. The maximum atomic E-state index is 13.8. The Morgan fingerprint density at radius 2 is 1.93 bits per heavy atom. The number of halogens is 1. The Bertz CT molecular complexity index is 1870. The first-order valence-electron chi connectivity index (χ1n) is 12.5. The van der Waals surface area contributed by atoms with Crippen LogP contribution in [0.25, 0.3) is 17.4 Å². The number of aryl methyl sites for hydroxylation is 1. The number of fused-ring (bicyclic) bond motifs is 1. The van der Waals surface area contributed by atoms with Crippen LogP contribution in [0.5, 0.6) is 0 Å². The van der Waals surface area contributed by atoms with Crippen LogP contribution in [-0.4, -0.2) is 35.8 Å². The van der Waals surface area contributed by atoms with Crippen molar-refractivity contribution in [2.75, 3.05) is 20.3 Å². The van der Waals surface area contributed by atoms with E-state index in [-0.39, 0.29) is 30.0 Å². The second kappa shape index (κ2) is 11.7. The number of esters is 1. The molecule has 41 heavy (non-hydrogen) atoms. The van der Waals surface area contributed by atoms with Gasteiger partial charge < -0.3 is 13.9 Å². The number of aromatic nitrogens is 1. The highest BCUT2D eigenvalue weighted by molar-refractivity contribution is 7.07. The molecular weight excluding hydrogens is 570 g/mol. The third kappa shape index (κ3) is 5.64. The van der Waals surface area contributed by atoms with Gasteiger partial charge in [0.1, 0.15) is 18.1 Å². The van der Waals surface area contributed by atoms with Crippen LogP contribution in [0, 0.1) is 17.0 Å². The Balaban J connectivity index is 1.59. The third-order valence-electron chi connectivity index (χ3n) is 6.55. The van der Waals surface area contributed by atoms with Gasteiger partial charge in [-0.15, -0.1) is 0 Å². The molecule has 12 heteroatoms. The normalized spacial score (nSPS) is 15.0. The van der Waals surface area contributed by atoms with Crippen molar-refractivity contribution in [1.82, 2.24) is 4.57 Å². The molecule has 1 atom stereocenters. The van der Waals surface area contributed by atoms with Crippen LogP contribution < -0.4 is 14.9 Å². The molecule has 0 fully saturated rings. The Labute approximate surface area is 242 Å². The Kier molecular flexibility index (Phi) is 8.02. The van der Waals surface area contributed by atoms with E-state index in [0.29, 0.717) is 42.7 Å². The summed E-state index contributed by atoms with van der Waals surface area (Å²) in [5.74, 6) is 0.218. The summed E-state index contributed by atoms with van der Waals surface area (Å²) in [6, 6.07) is 14.0. The monoisotopic (exact) mass is 593 g/mol. The van der Waals surface area contributed by atoms with Crippen molar-refractivity contribution < 1.29 is 23.6 Å². The van der Waals surface area contributed by atoms with E-state index >= 15 is 0 Å². The van der Waals surface area contributed by atoms with E-state index in [0.717, 1.165) is 16.9 Å². The standard InChI is InChI=1S/C29H24ClN3O7S/c1-16-4-9-20(33(36)37)14-22(16)23-11-10-21(40-23)15-24-27(34)32-26(18-5-7-19(30)8-6-18)25(17(2)31-29(32)41-24)28(35)39-13-12-38-3/h4-11,14-15,26H,12-13H2,1-3H3. The SMILES string of the molecule is COCCOC(=O)C1=C(C)N=c2sc(=Cc3ccc(-c4cc([N+](=O)[O-])ccc4C)o3)c(=O)n2C1c1ccc(Cl)cc1. The van der Waals surface area contributed by atoms with E-state index in [2.05, 4.69) is 4.99 Å². The van der Waals surface area contributed by atoms with Crippen molar-refractivity contribution in [3.05, 3.63) is 118 Å². The van der Waals surface area contributed by atoms with E-state index in [9.17, 15) is 19.7 Å². The number of ether oxygens (including phenoxy) is 2. The van der Waals surface area contributed by atoms with E-state index < -0.39 is 16.9 Å². The van der Waals surface area contributed by atoms with Gasteiger partial charge in [0.25, 0.3) is 11.2 Å². The number of nitro benzene ring substituents is 1. The lowest BCUT2D eigenvalue weighted by Crippen LogP contribution is -2.40. The quantitative estimate of drug-likeness (QED) is 0.127. The number of hydrogen-bond acceptors (Lipinski definition) is 9. The molecule has 4 aromatic rings. The molecule has 0 N–H and O–H groups in total. The van der Waals surface area contributed by atoms with Gasteiger partial charge in [-0.25, -0.2) is 9.79 Å². The van der Waals surface area contributed by atoms with Gasteiger partial charge in [0, 0.05) is 35.9 Å². The molecule has 5 rings (SSSR count). The van der Waals surface area contributed by atoms with Crippen LogP contribution in [0.1, 0.15) is 29.9 Å². The van der Waals surface area contributed by atoms with Gasteiger partial charge >= 0.3 is 5.97 Å².